The van der Waals surface area contributed by atoms with Gasteiger partial charge in [-0.25, -0.2) is 0 Å². The molecule has 0 spiro atoms. The van der Waals surface area contributed by atoms with Crippen LogP contribution < -0.4 is 4.74 Å². The van der Waals surface area contributed by atoms with Crippen LogP contribution in [0.15, 0.2) is 54.1 Å². The number of aromatic hydroxyl groups is 1. The number of ether oxygens (including phenoxy) is 1. The first-order chi connectivity index (χ1) is 10.6. The Morgan fingerprint density at radius 2 is 1.82 bits per heavy atom. The quantitative estimate of drug-likeness (QED) is 0.615. The number of rotatable bonds is 5. The maximum atomic E-state index is 9.89. The summed E-state index contributed by atoms with van der Waals surface area (Å²) in [6, 6.07) is 13.5. The first kappa shape index (κ1) is 15.9. The van der Waals surface area contributed by atoms with Gasteiger partial charge >= 0.3 is 0 Å². The summed E-state index contributed by atoms with van der Waals surface area (Å²) < 4.78 is 5.43. The molecule has 2 aromatic carbocycles. The van der Waals surface area contributed by atoms with Gasteiger partial charge in [0.2, 0.25) is 0 Å². The van der Waals surface area contributed by atoms with Crippen molar-refractivity contribution in [2.24, 2.45) is 0 Å². The van der Waals surface area contributed by atoms with E-state index in [1.165, 1.54) is 5.57 Å². The van der Waals surface area contributed by atoms with Gasteiger partial charge in [0, 0.05) is 11.6 Å². The Kier molecular flexibility index (Phi) is 5.42. The molecule has 2 aromatic rings. The van der Waals surface area contributed by atoms with Crippen molar-refractivity contribution in [2.75, 3.05) is 7.11 Å². The number of benzene rings is 2. The van der Waals surface area contributed by atoms with Gasteiger partial charge in [-0.2, -0.15) is 0 Å². The minimum atomic E-state index is 0.213. The number of phenolic OH excluding ortho intramolecular Hbond substituents is 1. The van der Waals surface area contributed by atoms with Crippen LogP contribution >= 0.6 is 0 Å². The average molecular weight is 294 g/mol. The van der Waals surface area contributed by atoms with E-state index in [0.717, 1.165) is 23.1 Å². The van der Waals surface area contributed by atoms with Crippen molar-refractivity contribution in [3.05, 3.63) is 70.8 Å². The highest BCUT2D eigenvalue weighted by molar-refractivity contribution is 5.73. The zero-order chi connectivity index (χ0) is 15.9. The second kappa shape index (κ2) is 7.51. The third-order valence-corrected chi connectivity index (χ3v) is 3.42. The molecule has 0 unspecified atom stereocenters. The topological polar surface area (TPSA) is 29.5 Å². The van der Waals surface area contributed by atoms with Crippen LogP contribution in [-0.2, 0) is 6.42 Å². The summed E-state index contributed by atoms with van der Waals surface area (Å²) in [4.78, 5) is 0. The molecule has 0 amide bonds. The van der Waals surface area contributed by atoms with Gasteiger partial charge in [-0.05, 0) is 37.5 Å². The molecule has 1 N–H and O–H groups in total. The third-order valence-electron chi connectivity index (χ3n) is 3.42. The molecular formula is C20H22O2. The van der Waals surface area contributed by atoms with Crippen LogP contribution in [0.5, 0.6) is 11.5 Å². The summed E-state index contributed by atoms with van der Waals surface area (Å²) in [7, 11) is 1.63. The Labute approximate surface area is 132 Å². The molecule has 0 aliphatic rings. The van der Waals surface area contributed by atoms with E-state index in [1.54, 1.807) is 19.2 Å². The molecule has 0 aliphatic heterocycles. The third kappa shape index (κ3) is 4.26. The fraction of sp³-hybridized carbons (Fsp3) is 0.200. The fourth-order valence-corrected chi connectivity index (χ4v) is 2.26. The van der Waals surface area contributed by atoms with Crippen molar-refractivity contribution in [3.63, 3.8) is 0 Å². The van der Waals surface area contributed by atoms with Crippen LogP contribution in [0.25, 0.3) is 12.2 Å². The van der Waals surface area contributed by atoms with Crippen LogP contribution in [0.4, 0.5) is 0 Å². The zero-order valence-electron chi connectivity index (χ0n) is 13.3. The van der Waals surface area contributed by atoms with Gasteiger partial charge in [-0.1, -0.05) is 54.1 Å². The van der Waals surface area contributed by atoms with Crippen molar-refractivity contribution in [1.82, 2.24) is 0 Å². The van der Waals surface area contributed by atoms with Crippen molar-refractivity contribution < 1.29 is 9.84 Å². The molecule has 0 saturated carbocycles. The molecule has 2 nitrogen and oxygen atoms in total. The summed E-state index contributed by atoms with van der Waals surface area (Å²) in [5, 5.41) is 9.89. The Morgan fingerprint density at radius 1 is 1.09 bits per heavy atom. The largest absolute Gasteiger partial charge is 0.508 e. The molecule has 114 valence electrons. The molecule has 0 saturated heterocycles. The highest BCUT2D eigenvalue weighted by atomic mass is 16.5. The lowest BCUT2D eigenvalue weighted by Crippen LogP contribution is -1.95. The molecule has 2 heteroatoms. The standard InChI is InChI=1S/C20H22O2/c1-15(2)9-12-19-17(13-18(21)14-20(19)22-3)11-10-16-7-5-4-6-8-16/h4-11,13-14,21H,12H2,1-3H3/b11-10+. The van der Waals surface area contributed by atoms with Crippen molar-refractivity contribution >= 4 is 12.2 Å². The van der Waals surface area contributed by atoms with Crippen LogP contribution in [0.3, 0.4) is 0 Å². The van der Waals surface area contributed by atoms with E-state index < -0.39 is 0 Å². The predicted octanol–water partition coefficient (Wildman–Crippen LogP) is 5.08. The predicted molar refractivity (Wildman–Crippen MR) is 93.2 cm³/mol. The number of hydrogen-bond acceptors (Lipinski definition) is 2. The van der Waals surface area contributed by atoms with E-state index in [2.05, 4.69) is 19.9 Å². The van der Waals surface area contributed by atoms with Crippen LogP contribution in [0.1, 0.15) is 30.5 Å². The molecule has 22 heavy (non-hydrogen) atoms. The van der Waals surface area contributed by atoms with Gasteiger partial charge in [-0.3, -0.25) is 0 Å². The van der Waals surface area contributed by atoms with E-state index in [9.17, 15) is 5.11 Å². The van der Waals surface area contributed by atoms with Crippen molar-refractivity contribution in [3.8, 4) is 11.5 Å². The molecule has 0 aliphatic carbocycles. The monoisotopic (exact) mass is 294 g/mol. The minimum Gasteiger partial charge on any atom is -0.508 e. The summed E-state index contributed by atoms with van der Waals surface area (Å²) >= 11 is 0. The lowest BCUT2D eigenvalue weighted by molar-refractivity contribution is 0.403. The van der Waals surface area contributed by atoms with Gasteiger partial charge in [0.15, 0.2) is 0 Å². The molecule has 2 rings (SSSR count). The van der Waals surface area contributed by atoms with E-state index in [-0.39, 0.29) is 5.75 Å². The minimum absolute atomic E-state index is 0.213. The molecule has 0 bridgehead atoms. The lowest BCUT2D eigenvalue weighted by Gasteiger charge is -2.11. The van der Waals surface area contributed by atoms with Crippen LogP contribution in [0.2, 0.25) is 0 Å². The lowest BCUT2D eigenvalue weighted by atomic mass is 10.00. The van der Waals surface area contributed by atoms with E-state index in [4.69, 9.17) is 4.74 Å². The van der Waals surface area contributed by atoms with Gasteiger partial charge in [0.25, 0.3) is 0 Å². The molecule has 0 atom stereocenters. The maximum absolute atomic E-state index is 9.89. The molecule has 0 fully saturated rings. The molecule has 0 heterocycles. The second-order valence-corrected chi connectivity index (χ2v) is 5.45. The first-order valence-electron chi connectivity index (χ1n) is 7.36. The summed E-state index contributed by atoms with van der Waals surface area (Å²) in [6.45, 7) is 4.15. The van der Waals surface area contributed by atoms with Crippen molar-refractivity contribution in [2.45, 2.75) is 20.3 Å². The average Bonchev–Trinajstić information content (AvgIpc) is 2.52. The smallest absolute Gasteiger partial charge is 0.126 e. The van der Waals surface area contributed by atoms with Crippen LogP contribution in [-0.4, -0.2) is 12.2 Å². The second-order valence-electron chi connectivity index (χ2n) is 5.45. The zero-order valence-corrected chi connectivity index (χ0v) is 13.3. The first-order valence-corrected chi connectivity index (χ1v) is 7.36. The van der Waals surface area contributed by atoms with Gasteiger partial charge in [0.05, 0.1) is 7.11 Å². The summed E-state index contributed by atoms with van der Waals surface area (Å²) in [5.41, 5.74) is 4.43. The van der Waals surface area contributed by atoms with Crippen LogP contribution in [0, 0.1) is 0 Å². The maximum Gasteiger partial charge on any atom is 0.126 e. The SMILES string of the molecule is COc1cc(O)cc(/C=C/c2ccccc2)c1CC=C(C)C. The Morgan fingerprint density at radius 3 is 2.45 bits per heavy atom. The molecule has 0 radical (unpaired) electrons. The summed E-state index contributed by atoms with van der Waals surface area (Å²) in [6.07, 6.45) is 7.00. The fourth-order valence-electron chi connectivity index (χ4n) is 2.26. The van der Waals surface area contributed by atoms with Gasteiger partial charge < -0.3 is 9.84 Å². The van der Waals surface area contributed by atoms with E-state index in [0.29, 0.717) is 5.75 Å². The van der Waals surface area contributed by atoms with Crippen molar-refractivity contribution in [1.29, 1.82) is 0 Å². The normalized spacial score (nSPS) is 10.7. The number of hydrogen-bond donors (Lipinski definition) is 1. The Bertz CT molecular complexity index is 678. The number of phenols is 1. The number of methoxy groups -OCH3 is 1. The van der Waals surface area contributed by atoms with E-state index >= 15 is 0 Å². The summed E-state index contributed by atoms with van der Waals surface area (Å²) in [5.74, 6) is 0.927. The number of allylic oxidation sites excluding steroid dienone is 2. The highest BCUT2D eigenvalue weighted by Gasteiger charge is 2.09. The molecular weight excluding hydrogens is 272 g/mol. The Balaban J connectivity index is 2.42. The van der Waals surface area contributed by atoms with E-state index in [1.807, 2.05) is 42.5 Å². The van der Waals surface area contributed by atoms with Gasteiger partial charge in [-0.15, -0.1) is 0 Å². The molecule has 0 aromatic heterocycles. The highest BCUT2D eigenvalue weighted by Crippen LogP contribution is 2.30. The Hall–Kier alpha value is -2.48. The van der Waals surface area contributed by atoms with Gasteiger partial charge in [0.1, 0.15) is 11.5 Å².